The highest BCUT2D eigenvalue weighted by Crippen LogP contribution is 2.32. The van der Waals surface area contributed by atoms with Crippen LogP contribution >= 0.6 is 27.5 Å². The molecule has 1 unspecified atom stereocenters. The number of allylic oxidation sites excluding steroid dienone is 1. The van der Waals surface area contributed by atoms with E-state index in [1.54, 1.807) is 0 Å². The zero-order valence-corrected chi connectivity index (χ0v) is 14.4. The van der Waals surface area contributed by atoms with Gasteiger partial charge in [0.05, 0.1) is 6.04 Å². The maximum Gasteiger partial charge on any atom is 0.0536 e. The molecule has 2 rings (SSSR count). The lowest BCUT2D eigenvalue weighted by Crippen LogP contribution is -2.23. The van der Waals surface area contributed by atoms with E-state index in [1.807, 2.05) is 6.07 Å². The zero-order valence-electron chi connectivity index (χ0n) is 12.1. The first-order valence-electron chi connectivity index (χ1n) is 7.59. The van der Waals surface area contributed by atoms with E-state index in [4.69, 9.17) is 11.6 Å². The maximum atomic E-state index is 6.21. The van der Waals surface area contributed by atoms with Crippen LogP contribution in [0.2, 0.25) is 5.02 Å². The fourth-order valence-corrected chi connectivity index (χ4v) is 3.77. The van der Waals surface area contributed by atoms with Gasteiger partial charge in [-0.1, -0.05) is 58.9 Å². The van der Waals surface area contributed by atoms with E-state index in [9.17, 15) is 0 Å². The summed E-state index contributed by atoms with van der Waals surface area (Å²) in [5.74, 6) is 0. The Morgan fingerprint density at radius 2 is 2.00 bits per heavy atom. The minimum atomic E-state index is 0.299. The van der Waals surface area contributed by atoms with Gasteiger partial charge in [-0.3, -0.25) is 0 Å². The Balaban J connectivity index is 2.28. The highest BCUT2D eigenvalue weighted by atomic mass is 79.9. The van der Waals surface area contributed by atoms with Crippen molar-refractivity contribution in [2.24, 2.45) is 0 Å². The van der Waals surface area contributed by atoms with Gasteiger partial charge in [0.25, 0.3) is 0 Å². The van der Waals surface area contributed by atoms with Crippen molar-refractivity contribution >= 4 is 27.5 Å². The van der Waals surface area contributed by atoms with E-state index in [1.165, 1.54) is 49.7 Å². The Labute approximate surface area is 135 Å². The molecular formula is C17H23BrClN. The molecule has 0 aliphatic heterocycles. The fraction of sp³-hybridized carbons (Fsp3) is 0.529. The first-order chi connectivity index (χ1) is 9.70. The predicted octanol–water partition coefficient (Wildman–Crippen LogP) is 6.03. The molecule has 0 saturated carbocycles. The summed E-state index contributed by atoms with van der Waals surface area (Å²) < 4.78 is 1.05. The van der Waals surface area contributed by atoms with Crippen molar-refractivity contribution in [1.29, 1.82) is 0 Å². The summed E-state index contributed by atoms with van der Waals surface area (Å²) in [4.78, 5) is 0. The monoisotopic (exact) mass is 355 g/mol. The molecule has 3 heteroatoms. The second-order valence-corrected chi connectivity index (χ2v) is 6.78. The van der Waals surface area contributed by atoms with Gasteiger partial charge in [0, 0.05) is 9.50 Å². The number of halogens is 2. The lowest BCUT2D eigenvalue weighted by molar-refractivity contribution is 0.554. The second kappa shape index (κ2) is 8.21. The van der Waals surface area contributed by atoms with Crippen molar-refractivity contribution in [2.75, 3.05) is 6.54 Å². The van der Waals surface area contributed by atoms with E-state index in [-0.39, 0.29) is 0 Å². The van der Waals surface area contributed by atoms with Gasteiger partial charge in [-0.25, -0.2) is 0 Å². The minimum Gasteiger partial charge on any atom is -0.307 e. The SMILES string of the molecule is CCNC(/C1=C/CCCCCC1)c1cc(Cl)cc(Br)c1. The molecule has 0 bridgehead atoms. The summed E-state index contributed by atoms with van der Waals surface area (Å²) in [5, 5.41) is 4.42. The van der Waals surface area contributed by atoms with Crippen LogP contribution in [0.1, 0.15) is 57.1 Å². The lowest BCUT2D eigenvalue weighted by Gasteiger charge is -2.24. The van der Waals surface area contributed by atoms with Gasteiger partial charge >= 0.3 is 0 Å². The molecule has 0 aromatic heterocycles. The standard InChI is InChI=1S/C17H23BrClN/c1-2-20-17(13-8-6-4-3-5-7-9-13)14-10-15(18)12-16(19)11-14/h8,10-12,17,20H,2-7,9H2,1H3/b13-8+. The molecular weight excluding hydrogens is 334 g/mol. The van der Waals surface area contributed by atoms with Crippen molar-refractivity contribution < 1.29 is 0 Å². The van der Waals surface area contributed by atoms with E-state index >= 15 is 0 Å². The van der Waals surface area contributed by atoms with Crippen molar-refractivity contribution in [1.82, 2.24) is 5.32 Å². The molecule has 1 atom stereocenters. The third-order valence-electron chi connectivity index (χ3n) is 3.82. The third-order valence-corrected chi connectivity index (χ3v) is 4.50. The Bertz CT molecular complexity index is 450. The van der Waals surface area contributed by atoms with Gasteiger partial charge in [-0.15, -0.1) is 0 Å². The number of rotatable bonds is 4. The molecule has 1 aromatic rings. The molecule has 0 heterocycles. The Morgan fingerprint density at radius 3 is 2.75 bits per heavy atom. The fourth-order valence-electron chi connectivity index (χ4n) is 2.89. The first-order valence-corrected chi connectivity index (χ1v) is 8.76. The Morgan fingerprint density at radius 1 is 1.20 bits per heavy atom. The van der Waals surface area contributed by atoms with Crippen LogP contribution in [0, 0.1) is 0 Å². The van der Waals surface area contributed by atoms with Gasteiger partial charge in [0.2, 0.25) is 0 Å². The van der Waals surface area contributed by atoms with E-state index in [0.29, 0.717) is 6.04 Å². The second-order valence-electron chi connectivity index (χ2n) is 5.43. The third kappa shape index (κ3) is 4.61. The van der Waals surface area contributed by atoms with Crippen LogP contribution in [0.25, 0.3) is 0 Å². The highest BCUT2D eigenvalue weighted by Gasteiger charge is 2.17. The molecule has 0 amide bonds. The highest BCUT2D eigenvalue weighted by molar-refractivity contribution is 9.10. The summed E-state index contributed by atoms with van der Waals surface area (Å²) in [6.07, 6.45) is 10.2. The molecule has 20 heavy (non-hydrogen) atoms. The average Bonchev–Trinajstić information content (AvgIpc) is 2.35. The maximum absolute atomic E-state index is 6.21. The molecule has 1 aliphatic carbocycles. The van der Waals surface area contributed by atoms with Gasteiger partial charge in [0.1, 0.15) is 0 Å². The van der Waals surface area contributed by atoms with Gasteiger partial charge < -0.3 is 5.32 Å². The smallest absolute Gasteiger partial charge is 0.0536 e. The van der Waals surface area contributed by atoms with Crippen LogP contribution < -0.4 is 5.32 Å². The molecule has 0 spiro atoms. The van der Waals surface area contributed by atoms with Crippen molar-refractivity contribution in [3.63, 3.8) is 0 Å². The van der Waals surface area contributed by atoms with Crippen LogP contribution in [0.4, 0.5) is 0 Å². The quantitative estimate of drug-likeness (QED) is 0.649. The molecule has 0 radical (unpaired) electrons. The normalized spacial score (nSPS) is 20.6. The lowest BCUT2D eigenvalue weighted by atomic mass is 9.91. The molecule has 0 fully saturated rings. The molecule has 0 saturated heterocycles. The molecule has 1 aliphatic rings. The number of nitrogens with one attached hydrogen (secondary N) is 1. The van der Waals surface area contributed by atoms with Crippen LogP contribution in [0.3, 0.4) is 0 Å². The molecule has 1 nitrogen and oxygen atoms in total. The Kier molecular flexibility index (Phi) is 6.60. The van der Waals surface area contributed by atoms with Crippen LogP contribution in [0.15, 0.2) is 34.3 Å². The van der Waals surface area contributed by atoms with Crippen LogP contribution in [-0.4, -0.2) is 6.54 Å². The van der Waals surface area contributed by atoms with E-state index < -0.39 is 0 Å². The van der Waals surface area contributed by atoms with Gasteiger partial charge in [0.15, 0.2) is 0 Å². The number of hydrogen-bond acceptors (Lipinski definition) is 1. The van der Waals surface area contributed by atoms with Crippen LogP contribution in [0.5, 0.6) is 0 Å². The number of likely N-dealkylation sites (N-methyl/N-ethyl adjacent to an activating group) is 1. The zero-order chi connectivity index (χ0) is 14.4. The van der Waals surface area contributed by atoms with E-state index in [0.717, 1.165) is 16.0 Å². The molecule has 1 aromatic carbocycles. The van der Waals surface area contributed by atoms with Crippen LogP contribution in [-0.2, 0) is 0 Å². The average molecular weight is 357 g/mol. The Hall–Kier alpha value is -0.310. The molecule has 1 N–H and O–H groups in total. The van der Waals surface area contributed by atoms with Gasteiger partial charge in [-0.2, -0.15) is 0 Å². The van der Waals surface area contributed by atoms with Gasteiger partial charge in [-0.05, 0) is 56.0 Å². The number of hydrogen-bond donors (Lipinski definition) is 1. The summed E-state index contributed by atoms with van der Waals surface area (Å²) >= 11 is 9.77. The minimum absolute atomic E-state index is 0.299. The summed E-state index contributed by atoms with van der Waals surface area (Å²) in [6.45, 7) is 3.13. The van der Waals surface area contributed by atoms with Crippen molar-refractivity contribution in [3.05, 3.63) is 44.9 Å². The number of benzene rings is 1. The van der Waals surface area contributed by atoms with Crippen molar-refractivity contribution in [3.8, 4) is 0 Å². The summed E-state index contributed by atoms with van der Waals surface area (Å²) in [5.41, 5.74) is 2.79. The topological polar surface area (TPSA) is 12.0 Å². The largest absolute Gasteiger partial charge is 0.307 e. The predicted molar refractivity (Wildman–Crippen MR) is 91.4 cm³/mol. The van der Waals surface area contributed by atoms with E-state index in [2.05, 4.69) is 46.4 Å². The first kappa shape index (κ1) is 16.1. The summed E-state index contributed by atoms with van der Waals surface area (Å²) in [7, 11) is 0. The summed E-state index contributed by atoms with van der Waals surface area (Å²) in [6, 6.07) is 6.51. The van der Waals surface area contributed by atoms with Crippen molar-refractivity contribution in [2.45, 2.75) is 51.5 Å². The molecule has 110 valence electrons.